The predicted octanol–water partition coefficient (Wildman–Crippen LogP) is 4.37. The number of benzene rings is 1. The van der Waals surface area contributed by atoms with E-state index >= 15 is 0 Å². The zero-order valence-corrected chi connectivity index (χ0v) is 15.7. The van der Waals surface area contributed by atoms with Gasteiger partial charge in [0.25, 0.3) is 0 Å². The van der Waals surface area contributed by atoms with E-state index in [9.17, 15) is 0 Å². The van der Waals surface area contributed by atoms with Gasteiger partial charge in [-0.15, -0.1) is 11.3 Å². The third-order valence-corrected chi connectivity index (χ3v) is 6.83. The van der Waals surface area contributed by atoms with Gasteiger partial charge in [0.1, 0.15) is 5.00 Å². The van der Waals surface area contributed by atoms with Gasteiger partial charge in [0.05, 0.1) is 6.04 Å². The lowest BCUT2D eigenvalue weighted by molar-refractivity contribution is 0.316. The summed E-state index contributed by atoms with van der Waals surface area (Å²) in [4.78, 5) is 3.95. The lowest BCUT2D eigenvalue weighted by Crippen LogP contribution is -2.27. The Morgan fingerprint density at radius 3 is 2.84 bits per heavy atom. The van der Waals surface area contributed by atoms with Crippen molar-refractivity contribution in [2.45, 2.75) is 25.6 Å². The Hall–Kier alpha value is -1.59. The maximum atomic E-state index is 6.08. The number of nitrogens with zero attached hydrogens (tertiary/aromatic N) is 2. The molecule has 0 unspecified atom stereocenters. The molecule has 1 aromatic carbocycles. The first-order chi connectivity index (χ1) is 12.2. The quantitative estimate of drug-likeness (QED) is 0.687. The molecule has 1 atom stereocenters. The van der Waals surface area contributed by atoms with Crippen LogP contribution in [0, 0.1) is 0 Å². The first-order valence-electron chi connectivity index (χ1n) is 8.69. The maximum Gasteiger partial charge on any atom is 0.104 e. The molecule has 1 N–H and O–H groups in total. The van der Waals surface area contributed by atoms with Gasteiger partial charge >= 0.3 is 0 Å². The van der Waals surface area contributed by atoms with Crippen LogP contribution in [0.3, 0.4) is 0 Å². The summed E-state index contributed by atoms with van der Waals surface area (Å²) in [6.45, 7) is 3.14. The van der Waals surface area contributed by atoms with Gasteiger partial charge in [0.15, 0.2) is 0 Å². The zero-order valence-electron chi connectivity index (χ0n) is 14.1. The number of aromatic nitrogens is 1. The summed E-state index contributed by atoms with van der Waals surface area (Å²) < 4.78 is 2.39. The molecule has 2 aromatic heterocycles. The van der Waals surface area contributed by atoms with Crippen LogP contribution in [-0.2, 0) is 19.5 Å². The van der Waals surface area contributed by atoms with Crippen molar-refractivity contribution in [3.63, 3.8) is 0 Å². The largest absolute Gasteiger partial charge is 0.310 e. The van der Waals surface area contributed by atoms with Crippen LogP contribution < -0.4 is 5.32 Å². The Kier molecular flexibility index (Phi) is 3.75. The minimum atomic E-state index is 0.189. The van der Waals surface area contributed by atoms with Crippen LogP contribution in [0.25, 0.3) is 5.00 Å². The van der Waals surface area contributed by atoms with E-state index in [0.717, 1.165) is 31.1 Å². The number of fused-ring (bicyclic) bond motifs is 5. The second-order valence-electron chi connectivity index (χ2n) is 6.94. The van der Waals surface area contributed by atoms with Crippen molar-refractivity contribution in [1.29, 1.82) is 0 Å². The van der Waals surface area contributed by atoms with Crippen molar-refractivity contribution in [3.8, 4) is 5.00 Å². The van der Waals surface area contributed by atoms with Gasteiger partial charge in [-0.2, -0.15) is 0 Å². The molecule has 25 heavy (non-hydrogen) atoms. The van der Waals surface area contributed by atoms with Crippen molar-refractivity contribution in [3.05, 3.63) is 74.9 Å². The molecule has 3 nitrogen and oxygen atoms in total. The van der Waals surface area contributed by atoms with E-state index in [0.29, 0.717) is 0 Å². The fourth-order valence-corrected chi connectivity index (χ4v) is 5.60. The van der Waals surface area contributed by atoms with Gasteiger partial charge in [-0.05, 0) is 48.9 Å². The summed E-state index contributed by atoms with van der Waals surface area (Å²) >= 11 is 8.04. The molecule has 2 aliphatic heterocycles. The number of nitrogens with one attached hydrogen (secondary N) is 1. The summed E-state index contributed by atoms with van der Waals surface area (Å²) in [6.07, 6.45) is 3.36. The van der Waals surface area contributed by atoms with Crippen LogP contribution in [0.5, 0.6) is 0 Å². The lowest BCUT2D eigenvalue weighted by Gasteiger charge is -2.23. The molecule has 0 aliphatic carbocycles. The molecule has 2 aliphatic rings. The maximum absolute atomic E-state index is 6.08. The molecule has 0 radical (unpaired) electrons. The molecule has 0 saturated heterocycles. The van der Waals surface area contributed by atoms with E-state index in [2.05, 4.69) is 52.3 Å². The number of thiophene rings is 1. The van der Waals surface area contributed by atoms with Crippen molar-refractivity contribution in [2.75, 3.05) is 13.6 Å². The van der Waals surface area contributed by atoms with E-state index in [4.69, 9.17) is 11.6 Å². The van der Waals surface area contributed by atoms with Gasteiger partial charge in [-0.3, -0.25) is 0 Å². The number of hydrogen-bond donors (Lipinski definition) is 1. The molecule has 128 valence electrons. The normalized spacial score (nSPS) is 19.8. The first-order valence-corrected chi connectivity index (χ1v) is 9.88. The summed E-state index contributed by atoms with van der Waals surface area (Å²) in [5, 5.41) is 5.97. The highest BCUT2D eigenvalue weighted by atomic mass is 35.5. The van der Waals surface area contributed by atoms with Crippen molar-refractivity contribution < 1.29 is 0 Å². The van der Waals surface area contributed by atoms with Crippen LogP contribution >= 0.6 is 22.9 Å². The van der Waals surface area contributed by atoms with Gasteiger partial charge in [-0.25, -0.2) is 0 Å². The van der Waals surface area contributed by atoms with Crippen molar-refractivity contribution in [2.24, 2.45) is 0 Å². The Balaban J connectivity index is 1.62. The average molecular weight is 370 g/mol. The van der Waals surface area contributed by atoms with E-state index in [1.54, 1.807) is 5.56 Å². The summed E-state index contributed by atoms with van der Waals surface area (Å²) in [6, 6.07) is 12.8. The van der Waals surface area contributed by atoms with Crippen LogP contribution in [-0.4, -0.2) is 23.1 Å². The summed E-state index contributed by atoms with van der Waals surface area (Å²) in [7, 11) is 2.21. The fraction of sp³-hybridized carbons (Fsp3) is 0.300. The molecule has 5 heteroatoms. The van der Waals surface area contributed by atoms with E-state index in [1.165, 1.54) is 26.7 Å². The molecule has 0 bridgehead atoms. The fourth-order valence-electron chi connectivity index (χ4n) is 4.03. The standard InChI is InChI=1S/C20H20ClN3S/c1-23-10-8-15-16-11-22-19(13-4-6-14(21)7-5-13)17-3-2-9-24(17)20(16)25-18(15)12-23/h2-7,9,19,22H,8,10-12H2,1H3/t19-/m0/s1. The molecule has 4 heterocycles. The average Bonchev–Trinajstić information content (AvgIpc) is 3.18. The first kappa shape index (κ1) is 15.6. The second kappa shape index (κ2) is 5.99. The minimum Gasteiger partial charge on any atom is -0.310 e. The molecule has 0 amide bonds. The second-order valence-corrected chi connectivity index (χ2v) is 8.46. The monoisotopic (exact) mass is 369 g/mol. The topological polar surface area (TPSA) is 20.2 Å². The van der Waals surface area contributed by atoms with Crippen LogP contribution in [0.1, 0.15) is 33.3 Å². The predicted molar refractivity (Wildman–Crippen MR) is 104 cm³/mol. The Morgan fingerprint density at radius 1 is 1.16 bits per heavy atom. The van der Waals surface area contributed by atoms with E-state index in [-0.39, 0.29) is 6.04 Å². The Bertz CT molecular complexity index is 925. The van der Waals surface area contributed by atoms with Gasteiger partial charge in [-0.1, -0.05) is 23.7 Å². The smallest absolute Gasteiger partial charge is 0.104 e. The van der Waals surface area contributed by atoms with E-state index in [1.807, 2.05) is 23.5 Å². The van der Waals surface area contributed by atoms with Crippen molar-refractivity contribution in [1.82, 2.24) is 14.8 Å². The van der Waals surface area contributed by atoms with Crippen molar-refractivity contribution >= 4 is 22.9 Å². The van der Waals surface area contributed by atoms with Crippen LogP contribution in [0.2, 0.25) is 5.02 Å². The third kappa shape index (κ3) is 2.56. The number of likely N-dealkylation sites (N-methyl/N-ethyl adjacent to an activating group) is 1. The molecular formula is C20H20ClN3S. The molecule has 0 saturated carbocycles. The molecule has 5 rings (SSSR count). The number of halogens is 1. The highest BCUT2D eigenvalue weighted by molar-refractivity contribution is 7.15. The molecule has 0 spiro atoms. The van der Waals surface area contributed by atoms with Gasteiger partial charge < -0.3 is 14.8 Å². The van der Waals surface area contributed by atoms with Gasteiger partial charge in [0, 0.05) is 47.0 Å². The third-order valence-electron chi connectivity index (χ3n) is 5.32. The SMILES string of the molecule is CN1CCc2c(sc3c2CN[C@@H](c2ccc(Cl)cc2)c2cccn2-3)C1. The summed E-state index contributed by atoms with van der Waals surface area (Å²) in [5.41, 5.74) is 5.62. The highest BCUT2D eigenvalue weighted by Gasteiger charge is 2.29. The minimum absolute atomic E-state index is 0.189. The lowest BCUT2D eigenvalue weighted by atomic mass is 10.0. The van der Waals surface area contributed by atoms with Gasteiger partial charge in [0.2, 0.25) is 0 Å². The molecule has 3 aromatic rings. The van der Waals surface area contributed by atoms with E-state index < -0.39 is 0 Å². The number of hydrogen-bond acceptors (Lipinski definition) is 3. The number of rotatable bonds is 1. The molecule has 0 fully saturated rings. The van der Waals surface area contributed by atoms with Crippen LogP contribution in [0.15, 0.2) is 42.6 Å². The molecular weight excluding hydrogens is 350 g/mol. The Morgan fingerprint density at radius 2 is 2.00 bits per heavy atom. The zero-order chi connectivity index (χ0) is 17.0. The summed E-state index contributed by atoms with van der Waals surface area (Å²) in [5.74, 6) is 0. The Labute approximate surface area is 156 Å². The van der Waals surface area contributed by atoms with Crippen LogP contribution in [0.4, 0.5) is 0 Å². The highest BCUT2D eigenvalue weighted by Crippen LogP contribution is 2.40.